The molecule has 0 heterocycles. The quantitative estimate of drug-likeness (QED) is 0.697. The van der Waals surface area contributed by atoms with E-state index in [2.05, 4.69) is 11.9 Å². The summed E-state index contributed by atoms with van der Waals surface area (Å²) in [6.07, 6.45) is 2.39. The van der Waals surface area contributed by atoms with Crippen LogP contribution in [0.5, 0.6) is 11.5 Å². The van der Waals surface area contributed by atoms with Crippen LogP contribution < -0.4 is 14.8 Å². The molecular formula is C19H23NO3. The van der Waals surface area contributed by atoms with Gasteiger partial charge < -0.3 is 19.9 Å². The number of hydrogen-bond donors (Lipinski definition) is 2. The monoisotopic (exact) mass is 313 g/mol. The second kappa shape index (κ2) is 8.86. The minimum absolute atomic E-state index is 0.173. The van der Waals surface area contributed by atoms with E-state index in [9.17, 15) is 0 Å². The molecule has 4 nitrogen and oxygen atoms in total. The van der Waals surface area contributed by atoms with E-state index in [1.165, 1.54) is 0 Å². The lowest BCUT2D eigenvalue weighted by molar-refractivity contribution is 0.299. The molecule has 0 spiro atoms. The SMILES string of the molecule is C=CCOc1ccc(CNc2ccc(CCO)cc2)cc1OC. The Morgan fingerprint density at radius 3 is 2.48 bits per heavy atom. The molecule has 2 N–H and O–H groups in total. The largest absolute Gasteiger partial charge is 0.493 e. The van der Waals surface area contributed by atoms with E-state index in [1.807, 2.05) is 42.5 Å². The van der Waals surface area contributed by atoms with Crippen LogP contribution in [-0.2, 0) is 13.0 Å². The molecule has 4 heteroatoms. The van der Waals surface area contributed by atoms with Gasteiger partial charge in [-0.25, -0.2) is 0 Å². The van der Waals surface area contributed by atoms with Gasteiger partial charge in [-0.2, -0.15) is 0 Å². The van der Waals surface area contributed by atoms with Gasteiger partial charge in [0.05, 0.1) is 7.11 Å². The first-order valence-corrected chi connectivity index (χ1v) is 7.61. The highest BCUT2D eigenvalue weighted by Crippen LogP contribution is 2.28. The molecule has 2 aromatic rings. The molecule has 0 aromatic heterocycles. The van der Waals surface area contributed by atoms with Gasteiger partial charge in [0, 0.05) is 18.8 Å². The van der Waals surface area contributed by atoms with Crippen molar-refractivity contribution in [3.63, 3.8) is 0 Å². The number of ether oxygens (including phenoxy) is 2. The summed E-state index contributed by atoms with van der Waals surface area (Å²) in [5.41, 5.74) is 3.27. The highest BCUT2D eigenvalue weighted by atomic mass is 16.5. The maximum Gasteiger partial charge on any atom is 0.161 e. The zero-order chi connectivity index (χ0) is 16.5. The summed E-state index contributed by atoms with van der Waals surface area (Å²) in [6.45, 7) is 4.96. The summed E-state index contributed by atoms with van der Waals surface area (Å²) in [4.78, 5) is 0. The predicted molar refractivity (Wildman–Crippen MR) is 93.2 cm³/mol. The molecule has 0 radical (unpaired) electrons. The highest BCUT2D eigenvalue weighted by Gasteiger charge is 2.05. The van der Waals surface area contributed by atoms with Crippen LogP contribution in [0.15, 0.2) is 55.1 Å². The molecule has 2 aromatic carbocycles. The number of nitrogens with one attached hydrogen (secondary N) is 1. The third-order valence-electron chi connectivity index (χ3n) is 3.44. The third-order valence-corrected chi connectivity index (χ3v) is 3.44. The van der Waals surface area contributed by atoms with Crippen LogP contribution in [0.4, 0.5) is 5.69 Å². The van der Waals surface area contributed by atoms with Crippen LogP contribution >= 0.6 is 0 Å². The van der Waals surface area contributed by atoms with Gasteiger partial charge in [-0.15, -0.1) is 0 Å². The number of aliphatic hydroxyl groups is 1. The van der Waals surface area contributed by atoms with Crippen molar-refractivity contribution in [2.24, 2.45) is 0 Å². The van der Waals surface area contributed by atoms with E-state index in [0.717, 1.165) is 16.8 Å². The fourth-order valence-corrected chi connectivity index (χ4v) is 2.21. The molecule has 0 fully saturated rings. The molecule has 0 aliphatic carbocycles. The lowest BCUT2D eigenvalue weighted by atomic mass is 10.1. The molecule has 122 valence electrons. The van der Waals surface area contributed by atoms with E-state index >= 15 is 0 Å². The molecule has 0 saturated carbocycles. The van der Waals surface area contributed by atoms with Crippen molar-refractivity contribution in [3.8, 4) is 11.5 Å². The van der Waals surface area contributed by atoms with E-state index in [1.54, 1.807) is 13.2 Å². The molecular weight excluding hydrogens is 290 g/mol. The Labute approximate surface area is 137 Å². The van der Waals surface area contributed by atoms with Crippen LogP contribution in [0.3, 0.4) is 0 Å². The molecule has 23 heavy (non-hydrogen) atoms. The number of benzene rings is 2. The zero-order valence-electron chi connectivity index (χ0n) is 13.4. The number of anilines is 1. The molecule has 0 saturated heterocycles. The van der Waals surface area contributed by atoms with Gasteiger partial charge in [0.2, 0.25) is 0 Å². The molecule has 2 rings (SSSR count). The normalized spacial score (nSPS) is 10.2. The summed E-state index contributed by atoms with van der Waals surface area (Å²) < 4.78 is 10.9. The van der Waals surface area contributed by atoms with Crippen molar-refractivity contribution in [3.05, 3.63) is 66.2 Å². The lowest BCUT2D eigenvalue weighted by Crippen LogP contribution is -2.02. The Morgan fingerprint density at radius 1 is 1.09 bits per heavy atom. The first kappa shape index (κ1) is 16.9. The maximum absolute atomic E-state index is 8.92. The van der Waals surface area contributed by atoms with E-state index < -0.39 is 0 Å². The van der Waals surface area contributed by atoms with Gasteiger partial charge >= 0.3 is 0 Å². The van der Waals surface area contributed by atoms with Gasteiger partial charge in [0.15, 0.2) is 11.5 Å². The summed E-state index contributed by atoms with van der Waals surface area (Å²) in [7, 11) is 1.63. The standard InChI is InChI=1S/C19H23NO3/c1-3-12-23-18-9-6-16(13-19(18)22-2)14-20-17-7-4-15(5-8-17)10-11-21/h3-9,13,20-21H,1,10-12,14H2,2H3. The van der Waals surface area contributed by atoms with Crippen molar-refractivity contribution in [1.29, 1.82) is 0 Å². The summed E-state index contributed by atoms with van der Waals surface area (Å²) in [5, 5.41) is 12.3. The fraction of sp³-hybridized carbons (Fsp3) is 0.263. The second-order valence-electron chi connectivity index (χ2n) is 5.11. The van der Waals surface area contributed by atoms with Crippen molar-refractivity contribution in [2.45, 2.75) is 13.0 Å². The molecule has 0 aliphatic rings. The van der Waals surface area contributed by atoms with Crippen molar-refractivity contribution >= 4 is 5.69 Å². The number of methoxy groups -OCH3 is 1. The summed E-state index contributed by atoms with van der Waals surface area (Å²) in [5.74, 6) is 1.42. The number of rotatable bonds is 9. The lowest BCUT2D eigenvalue weighted by Gasteiger charge is -2.12. The number of hydrogen-bond acceptors (Lipinski definition) is 4. The fourth-order valence-electron chi connectivity index (χ4n) is 2.21. The van der Waals surface area contributed by atoms with Crippen LogP contribution in [0.1, 0.15) is 11.1 Å². The Hall–Kier alpha value is -2.46. The zero-order valence-corrected chi connectivity index (χ0v) is 13.4. The minimum Gasteiger partial charge on any atom is -0.493 e. The highest BCUT2D eigenvalue weighted by molar-refractivity contribution is 5.47. The first-order chi connectivity index (χ1) is 11.3. The number of aliphatic hydroxyl groups excluding tert-OH is 1. The average molecular weight is 313 g/mol. The van der Waals surface area contributed by atoms with E-state index in [0.29, 0.717) is 31.1 Å². The molecule has 0 unspecified atom stereocenters. The molecule has 0 aliphatic heterocycles. The third kappa shape index (κ3) is 5.04. The van der Waals surface area contributed by atoms with Gasteiger partial charge in [-0.1, -0.05) is 30.9 Å². The summed E-state index contributed by atoms with van der Waals surface area (Å²) in [6, 6.07) is 14.0. The first-order valence-electron chi connectivity index (χ1n) is 7.61. The van der Waals surface area contributed by atoms with Crippen LogP contribution in [0, 0.1) is 0 Å². The van der Waals surface area contributed by atoms with Gasteiger partial charge in [-0.3, -0.25) is 0 Å². The molecule has 0 amide bonds. The molecule has 0 bridgehead atoms. The van der Waals surface area contributed by atoms with Crippen LogP contribution in [-0.4, -0.2) is 25.4 Å². The van der Waals surface area contributed by atoms with Crippen molar-refractivity contribution in [2.75, 3.05) is 25.6 Å². The Balaban J connectivity index is 1.98. The topological polar surface area (TPSA) is 50.7 Å². The second-order valence-corrected chi connectivity index (χ2v) is 5.11. The Morgan fingerprint density at radius 2 is 1.83 bits per heavy atom. The minimum atomic E-state index is 0.173. The summed E-state index contributed by atoms with van der Waals surface area (Å²) >= 11 is 0. The maximum atomic E-state index is 8.92. The van der Waals surface area contributed by atoms with Gasteiger partial charge in [-0.05, 0) is 41.8 Å². The van der Waals surface area contributed by atoms with Crippen molar-refractivity contribution < 1.29 is 14.6 Å². The average Bonchev–Trinajstić information content (AvgIpc) is 2.60. The van der Waals surface area contributed by atoms with Crippen LogP contribution in [0.2, 0.25) is 0 Å². The van der Waals surface area contributed by atoms with Crippen LogP contribution in [0.25, 0.3) is 0 Å². The van der Waals surface area contributed by atoms with E-state index in [-0.39, 0.29) is 6.61 Å². The Kier molecular flexibility index (Phi) is 6.51. The van der Waals surface area contributed by atoms with Gasteiger partial charge in [0.1, 0.15) is 6.61 Å². The Bertz CT molecular complexity index is 623. The van der Waals surface area contributed by atoms with Gasteiger partial charge in [0.25, 0.3) is 0 Å². The molecule has 0 atom stereocenters. The predicted octanol–water partition coefficient (Wildman–Crippen LogP) is 3.41. The van der Waals surface area contributed by atoms with Crippen molar-refractivity contribution in [1.82, 2.24) is 0 Å². The smallest absolute Gasteiger partial charge is 0.161 e. The van der Waals surface area contributed by atoms with E-state index in [4.69, 9.17) is 14.6 Å².